The van der Waals surface area contributed by atoms with E-state index in [2.05, 4.69) is 15.9 Å². The highest BCUT2D eigenvalue weighted by Gasteiger charge is 2.05. The molecular weight excluding hydrogens is 314 g/mol. The van der Waals surface area contributed by atoms with Crippen molar-refractivity contribution >= 4 is 27.5 Å². The van der Waals surface area contributed by atoms with Crippen LogP contribution in [0.3, 0.4) is 0 Å². The summed E-state index contributed by atoms with van der Waals surface area (Å²) in [7, 11) is 0. The molecule has 0 aliphatic rings. The van der Waals surface area contributed by atoms with E-state index in [1.165, 1.54) is 0 Å². The Hall–Kier alpha value is -1.06. The Balaban J connectivity index is 2.43. The Morgan fingerprint density at radius 2 is 2.00 bits per heavy atom. The van der Waals surface area contributed by atoms with Crippen molar-refractivity contribution in [2.75, 3.05) is 0 Å². The lowest BCUT2D eigenvalue weighted by molar-refractivity contribution is 0.749. The number of nitrogens with zero attached hydrogens (tertiary/aromatic N) is 1. The molecule has 1 heterocycles. The first kappa shape index (κ1) is 13.4. The number of aromatic nitrogens is 1. The predicted molar refractivity (Wildman–Crippen MR) is 78.4 cm³/mol. The van der Waals surface area contributed by atoms with Gasteiger partial charge in [0.05, 0.1) is 6.54 Å². The van der Waals surface area contributed by atoms with Gasteiger partial charge in [-0.25, -0.2) is 0 Å². The van der Waals surface area contributed by atoms with Crippen molar-refractivity contribution in [2.45, 2.75) is 20.4 Å². The first-order chi connectivity index (χ1) is 8.47. The van der Waals surface area contributed by atoms with E-state index in [1.54, 1.807) is 17.7 Å². The quantitative estimate of drug-likeness (QED) is 0.819. The molecule has 0 unspecified atom stereocenters. The minimum Gasteiger partial charge on any atom is -0.310 e. The van der Waals surface area contributed by atoms with Gasteiger partial charge in [-0.1, -0.05) is 23.7 Å². The van der Waals surface area contributed by atoms with Gasteiger partial charge in [0.15, 0.2) is 0 Å². The molecule has 0 aliphatic heterocycles. The number of pyridine rings is 1. The van der Waals surface area contributed by atoms with Crippen molar-refractivity contribution < 1.29 is 0 Å². The van der Waals surface area contributed by atoms with E-state index >= 15 is 0 Å². The molecule has 18 heavy (non-hydrogen) atoms. The van der Waals surface area contributed by atoms with Gasteiger partial charge < -0.3 is 4.57 Å². The third-order valence-corrected chi connectivity index (χ3v) is 3.57. The molecule has 1 aromatic carbocycles. The molecule has 0 spiro atoms. The second kappa shape index (κ2) is 5.29. The van der Waals surface area contributed by atoms with Crippen molar-refractivity contribution in [3.8, 4) is 0 Å². The summed E-state index contributed by atoms with van der Waals surface area (Å²) in [5.41, 5.74) is 2.78. The van der Waals surface area contributed by atoms with E-state index in [4.69, 9.17) is 11.6 Å². The summed E-state index contributed by atoms with van der Waals surface area (Å²) in [5, 5.41) is 0.694. The van der Waals surface area contributed by atoms with Gasteiger partial charge >= 0.3 is 0 Å². The monoisotopic (exact) mass is 325 g/mol. The van der Waals surface area contributed by atoms with Crippen LogP contribution in [0.5, 0.6) is 0 Å². The fourth-order valence-corrected chi connectivity index (χ4v) is 2.71. The molecule has 2 rings (SSSR count). The van der Waals surface area contributed by atoms with E-state index in [0.717, 1.165) is 15.6 Å². The van der Waals surface area contributed by atoms with Gasteiger partial charge in [-0.15, -0.1) is 0 Å². The van der Waals surface area contributed by atoms with Crippen LogP contribution in [0.1, 0.15) is 16.7 Å². The van der Waals surface area contributed by atoms with Gasteiger partial charge in [0.2, 0.25) is 0 Å². The standard InChI is InChI=1S/C14H13BrClNO/c1-9-3-4-11(13(16)5-9)7-17-8-12(15)6-10(2)14(17)18/h3-6,8H,7H2,1-2H3. The summed E-state index contributed by atoms with van der Waals surface area (Å²) in [5.74, 6) is 0. The van der Waals surface area contributed by atoms with Crippen molar-refractivity contribution in [1.82, 2.24) is 4.57 Å². The largest absolute Gasteiger partial charge is 0.310 e. The van der Waals surface area contributed by atoms with Gasteiger partial charge in [-0.2, -0.15) is 0 Å². The summed E-state index contributed by atoms with van der Waals surface area (Å²) in [6, 6.07) is 7.68. The van der Waals surface area contributed by atoms with Gasteiger partial charge in [-0.3, -0.25) is 4.79 Å². The molecule has 2 nitrogen and oxygen atoms in total. The van der Waals surface area contributed by atoms with Crippen molar-refractivity contribution in [3.05, 3.63) is 67.0 Å². The summed E-state index contributed by atoms with van der Waals surface area (Å²) in [4.78, 5) is 12.0. The van der Waals surface area contributed by atoms with E-state index in [9.17, 15) is 4.79 Å². The van der Waals surface area contributed by atoms with Gasteiger partial charge in [-0.05, 0) is 53.0 Å². The molecule has 0 fully saturated rings. The number of halogens is 2. The lowest BCUT2D eigenvalue weighted by Gasteiger charge is -2.10. The second-order valence-corrected chi connectivity index (χ2v) is 5.69. The third-order valence-electron chi connectivity index (χ3n) is 2.78. The molecule has 0 amide bonds. The average molecular weight is 327 g/mol. The fourth-order valence-electron chi connectivity index (χ4n) is 1.82. The maximum absolute atomic E-state index is 12.0. The average Bonchev–Trinajstić information content (AvgIpc) is 2.29. The van der Waals surface area contributed by atoms with Crippen molar-refractivity contribution in [2.24, 2.45) is 0 Å². The van der Waals surface area contributed by atoms with E-state index < -0.39 is 0 Å². The Bertz CT molecular complexity index is 649. The summed E-state index contributed by atoms with van der Waals surface area (Å²) in [6.07, 6.45) is 1.78. The highest BCUT2D eigenvalue weighted by molar-refractivity contribution is 9.10. The molecule has 0 bridgehead atoms. The third kappa shape index (κ3) is 2.85. The van der Waals surface area contributed by atoms with Crippen molar-refractivity contribution in [1.29, 1.82) is 0 Å². The first-order valence-electron chi connectivity index (χ1n) is 5.59. The van der Waals surface area contributed by atoms with Crippen LogP contribution < -0.4 is 5.56 Å². The molecule has 0 atom stereocenters. The van der Waals surface area contributed by atoms with Crippen LogP contribution in [0.25, 0.3) is 0 Å². The van der Waals surface area contributed by atoms with Gasteiger partial charge in [0, 0.05) is 21.3 Å². The second-order valence-electron chi connectivity index (χ2n) is 4.37. The number of hydrogen-bond acceptors (Lipinski definition) is 1. The molecule has 0 radical (unpaired) electrons. The molecule has 0 saturated heterocycles. The summed E-state index contributed by atoms with van der Waals surface area (Å²) in [6.45, 7) is 4.28. The minimum atomic E-state index is 0.00911. The molecule has 0 aliphatic carbocycles. The molecule has 0 N–H and O–H groups in total. The zero-order valence-corrected chi connectivity index (χ0v) is 12.5. The Morgan fingerprint density at radius 1 is 1.28 bits per heavy atom. The first-order valence-corrected chi connectivity index (χ1v) is 6.76. The Labute approximate surface area is 119 Å². The molecule has 2 aromatic rings. The van der Waals surface area contributed by atoms with Gasteiger partial charge in [0.1, 0.15) is 0 Å². The highest BCUT2D eigenvalue weighted by atomic mass is 79.9. The van der Waals surface area contributed by atoms with Gasteiger partial charge in [0.25, 0.3) is 5.56 Å². The van der Waals surface area contributed by atoms with Crippen LogP contribution >= 0.6 is 27.5 Å². The van der Waals surface area contributed by atoms with Crippen LogP contribution in [-0.2, 0) is 6.54 Å². The summed E-state index contributed by atoms with van der Waals surface area (Å²) >= 11 is 9.58. The molecule has 0 saturated carbocycles. The normalized spacial score (nSPS) is 10.7. The SMILES string of the molecule is Cc1ccc(Cn2cc(Br)cc(C)c2=O)c(Cl)c1. The van der Waals surface area contributed by atoms with Crippen LogP contribution in [0.2, 0.25) is 5.02 Å². The smallest absolute Gasteiger partial charge is 0.253 e. The molecular formula is C14H13BrClNO. The lowest BCUT2D eigenvalue weighted by Crippen LogP contribution is -2.22. The topological polar surface area (TPSA) is 22.0 Å². The van der Waals surface area contributed by atoms with Crippen LogP contribution in [0, 0.1) is 13.8 Å². The van der Waals surface area contributed by atoms with Crippen LogP contribution in [-0.4, -0.2) is 4.57 Å². The molecule has 4 heteroatoms. The number of benzene rings is 1. The van der Waals surface area contributed by atoms with Crippen LogP contribution in [0.15, 0.2) is 39.7 Å². The number of rotatable bonds is 2. The highest BCUT2D eigenvalue weighted by Crippen LogP contribution is 2.19. The number of aryl methyl sites for hydroxylation is 2. The fraction of sp³-hybridized carbons (Fsp3) is 0.214. The van der Waals surface area contributed by atoms with E-state index in [-0.39, 0.29) is 5.56 Å². The minimum absolute atomic E-state index is 0.00911. The Morgan fingerprint density at radius 3 is 2.67 bits per heavy atom. The molecule has 1 aromatic heterocycles. The van der Waals surface area contributed by atoms with E-state index in [0.29, 0.717) is 17.1 Å². The van der Waals surface area contributed by atoms with E-state index in [1.807, 2.05) is 31.2 Å². The summed E-state index contributed by atoms with van der Waals surface area (Å²) < 4.78 is 2.55. The zero-order valence-electron chi connectivity index (χ0n) is 10.2. The number of hydrogen-bond donors (Lipinski definition) is 0. The maximum atomic E-state index is 12.0. The van der Waals surface area contributed by atoms with Crippen LogP contribution in [0.4, 0.5) is 0 Å². The zero-order chi connectivity index (χ0) is 13.3. The van der Waals surface area contributed by atoms with Crippen molar-refractivity contribution in [3.63, 3.8) is 0 Å². The molecule has 94 valence electrons. The lowest BCUT2D eigenvalue weighted by atomic mass is 10.1. The maximum Gasteiger partial charge on any atom is 0.253 e. The Kier molecular flexibility index (Phi) is 3.93. The predicted octanol–water partition coefficient (Wildman–Crippen LogP) is 3.93.